The summed E-state index contributed by atoms with van der Waals surface area (Å²) in [6.45, 7) is 4.14. The third-order valence-corrected chi connectivity index (χ3v) is 3.64. The van der Waals surface area contributed by atoms with E-state index in [1.165, 1.54) is 12.8 Å². The van der Waals surface area contributed by atoms with Crippen LogP contribution in [0.2, 0.25) is 5.02 Å². The molecule has 1 nitrogen and oxygen atoms in total. The molecule has 0 bridgehead atoms. The lowest BCUT2D eigenvalue weighted by Gasteiger charge is -2.29. The van der Waals surface area contributed by atoms with E-state index in [1.807, 2.05) is 12.1 Å². The molecule has 0 aliphatic carbocycles. The van der Waals surface area contributed by atoms with Gasteiger partial charge in [0.1, 0.15) is 5.67 Å². The number of halogens is 2. The predicted molar refractivity (Wildman–Crippen MR) is 70.2 cm³/mol. The van der Waals surface area contributed by atoms with Gasteiger partial charge in [0.05, 0.1) is 0 Å². The highest BCUT2D eigenvalue weighted by Gasteiger charge is 2.29. The highest BCUT2D eigenvalue weighted by Crippen LogP contribution is 2.38. The summed E-state index contributed by atoms with van der Waals surface area (Å²) in [5, 5.41) is 3.98. The molecule has 1 saturated heterocycles. The number of benzene rings is 1. The maximum absolute atomic E-state index is 14.3. The molecule has 0 radical (unpaired) electrons. The van der Waals surface area contributed by atoms with Crippen molar-refractivity contribution in [3.05, 3.63) is 34.3 Å². The van der Waals surface area contributed by atoms with Gasteiger partial charge >= 0.3 is 0 Å². The Hall–Kier alpha value is -0.600. The summed E-state index contributed by atoms with van der Waals surface area (Å²) in [6, 6.07) is 5.91. The van der Waals surface area contributed by atoms with Gasteiger partial charge in [0.25, 0.3) is 0 Å². The van der Waals surface area contributed by atoms with Crippen molar-refractivity contribution in [1.82, 2.24) is 5.32 Å². The van der Waals surface area contributed by atoms with Crippen LogP contribution in [-0.2, 0) is 5.67 Å². The molecular weight excluding hydrogens is 237 g/mol. The van der Waals surface area contributed by atoms with Crippen molar-refractivity contribution in [2.45, 2.75) is 44.8 Å². The predicted octanol–water partition coefficient (Wildman–Crippen LogP) is 4.36. The monoisotopic (exact) mass is 255 g/mol. The Kier molecular flexibility index (Phi) is 3.74. The summed E-state index contributed by atoms with van der Waals surface area (Å²) in [5.74, 6) is 0. The zero-order valence-electron chi connectivity index (χ0n) is 10.4. The van der Waals surface area contributed by atoms with Gasteiger partial charge < -0.3 is 5.32 Å². The zero-order chi connectivity index (χ0) is 12.5. The fraction of sp³-hybridized carbons (Fsp3) is 0.571. The summed E-state index contributed by atoms with van der Waals surface area (Å²) >= 11 is 6.17. The molecule has 17 heavy (non-hydrogen) atoms. The van der Waals surface area contributed by atoms with E-state index in [2.05, 4.69) is 5.32 Å². The van der Waals surface area contributed by atoms with Crippen LogP contribution in [0.5, 0.6) is 0 Å². The van der Waals surface area contributed by atoms with E-state index in [0.717, 1.165) is 18.5 Å². The number of alkyl halides is 1. The van der Waals surface area contributed by atoms with Crippen molar-refractivity contribution in [1.29, 1.82) is 0 Å². The fourth-order valence-corrected chi connectivity index (χ4v) is 2.98. The van der Waals surface area contributed by atoms with E-state index < -0.39 is 5.67 Å². The second-order valence-electron chi connectivity index (χ2n) is 5.18. The van der Waals surface area contributed by atoms with Crippen molar-refractivity contribution >= 4 is 11.6 Å². The van der Waals surface area contributed by atoms with Crippen LogP contribution in [0.15, 0.2) is 18.2 Å². The molecule has 3 heteroatoms. The van der Waals surface area contributed by atoms with E-state index >= 15 is 0 Å². The van der Waals surface area contributed by atoms with Crippen LogP contribution in [0.4, 0.5) is 4.39 Å². The summed E-state index contributed by atoms with van der Waals surface area (Å²) in [7, 11) is 0. The highest BCUT2D eigenvalue weighted by molar-refractivity contribution is 6.31. The average Bonchev–Trinajstić information content (AvgIpc) is 2.28. The second kappa shape index (κ2) is 4.95. The first-order valence-corrected chi connectivity index (χ1v) is 6.59. The van der Waals surface area contributed by atoms with Crippen LogP contribution < -0.4 is 5.32 Å². The molecule has 0 spiro atoms. The molecule has 2 rings (SSSR count). The molecule has 1 aromatic carbocycles. The van der Waals surface area contributed by atoms with Gasteiger partial charge in [0.15, 0.2) is 0 Å². The standard InChI is InChI=1S/C14H19ClFN/c1-14(2,16)13-10(6-5-7-11(13)15)12-8-3-4-9-17-12/h5-7,12,17H,3-4,8-9H2,1-2H3. The molecule has 1 heterocycles. The molecule has 1 fully saturated rings. The minimum absolute atomic E-state index is 0.243. The lowest BCUT2D eigenvalue weighted by molar-refractivity contribution is 0.217. The molecule has 1 aliphatic rings. The summed E-state index contributed by atoms with van der Waals surface area (Å²) in [4.78, 5) is 0. The van der Waals surface area contributed by atoms with E-state index in [9.17, 15) is 4.39 Å². The minimum atomic E-state index is -1.40. The molecule has 1 aliphatic heterocycles. The number of piperidine rings is 1. The zero-order valence-corrected chi connectivity index (χ0v) is 11.1. The molecule has 1 unspecified atom stereocenters. The van der Waals surface area contributed by atoms with Gasteiger partial charge in [0.2, 0.25) is 0 Å². The number of hydrogen-bond acceptors (Lipinski definition) is 1. The molecule has 0 amide bonds. The Morgan fingerprint density at radius 1 is 1.35 bits per heavy atom. The number of rotatable bonds is 2. The topological polar surface area (TPSA) is 12.0 Å². The van der Waals surface area contributed by atoms with Crippen molar-refractivity contribution < 1.29 is 4.39 Å². The second-order valence-corrected chi connectivity index (χ2v) is 5.59. The third-order valence-electron chi connectivity index (χ3n) is 3.33. The van der Waals surface area contributed by atoms with Crippen molar-refractivity contribution in [2.75, 3.05) is 6.54 Å². The largest absolute Gasteiger partial charge is 0.310 e. The van der Waals surface area contributed by atoms with Crippen LogP contribution in [-0.4, -0.2) is 6.54 Å². The van der Waals surface area contributed by atoms with E-state index in [0.29, 0.717) is 10.6 Å². The molecule has 1 aromatic rings. The van der Waals surface area contributed by atoms with Crippen LogP contribution in [0.1, 0.15) is 50.3 Å². The molecule has 1 atom stereocenters. The quantitative estimate of drug-likeness (QED) is 0.828. The minimum Gasteiger partial charge on any atom is -0.310 e. The van der Waals surface area contributed by atoms with Gasteiger partial charge in [-0.05, 0) is 44.9 Å². The lowest BCUT2D eigenvalue weighted by Crippen LogP contribution is -2.29. The van der Waals surface area contributed by atoms with Gasteiger partial charge in [-0.1, -0.05) is 30.2 Å². The SMILES string of the molecule is CC(C)(F)c1c(Cl)cccc1C1CCCCN1. The smallest absolute Gasteiger partial charge is 0.132 e. The van der Waals surface area contributed by atoms with Crippen molar-refractivity contribution in [2.24, 2.45) is 0 Å². The van der Waals surface area contributed by atoms with E-state index in [4.69, 9.17) is 11.6 Å². The molecule has 0 aromatic heterocycles. The summed E-state index contributed by atoms with van der Waals surface area (Å²) in [5.41, 5.74) is 0.262. The maximum atomic E-state index is 14.3. The van der Waals surface area contributed by atoms with Crippen LogP contribution in [0, 0.1) is 0 Å². The number of hydrogen-bond donors (Lipinski definition) is 1. The highest BCUT2D eigenvalue weighted by atomic mass is 35.5. The van der Waals surface area contributed by atoms with Gasteiger partial charge in [0, 0.05) is 16.6 Å². The Balaban J connectivity index is 2.42. The number of nitrogens with one attached hydrogen (secondary N) is 1. The molecular formula is C14H19ClFN. The normalized spacial score (nSPS) is 21.5. The first-order valence-electron chi connectivity index (χ1n) is 6.21. The van der Waals surface area contributed by atoms with Crippen LogP contribution >= 0.6 is 11.6 Å². The van der Waals surface area contributed by atoms with E-state index in [-0.39, 0.29) is 6.04 Å². The molecule has 1 N–H and O–H groups in total. The first kappa shape index (κ1) is 12.8. The Morgan fingerprint density at radius 3 is 2.71 bits per heavy atom. The fourth-order valence-electron chi connectivity index (χ4n) is 2.58. The van der Waals surface area contributed by atoms with Gasteiger partial charge in [-0.3, -0.25) is 0 Å². The van der Waals surface area contributed by atoms with Gasteiger partial charge in [-0.2, -0.15) is 0 Å². The van der Waals surface area contributed by atoms with Crippen LogP contribution in [0.25, 0.3) is 0 Å². The third kappa shape index (κ3) is 2.80. The molecule has 94 valence electrons. The van der Waals surface area contributed by atoms with Crippen LogP contribution in [0.3, 0.4) is 0 Å². The molecule has 0 saturated carbocycles. The Labute approximate surface area is 107 Å². The first-order chi connectivity index (χ1) is 8.00. The Morgan fingerprint density at radius 2 is 2.12 bits per heavy atom. The summed E-state index contributed by atoms with van der Waals surface area (Å²) < 4.78 is 14.3. The van der Waals surface area contributed by atoms with Crippen molar-refractivity contribution in [3.63, 3.8) is 0 Å². The summed E-state index contributed by atoms with van der Waals surface area (Å²) in [6.07, 6.45) is 3.45. The van der Waals surface area contributed by atoms with Gasteiger partial charge in [-0.15, -0.1) is 0 Å². The van der Waals surface area contributed by atoms with E-state index in [1.54, 1.807) is 19.9 Å². The van der Waals surface area contributed by atoms with Gasteiger partial charge in [-0.25, -0.2) is 4.39 Å². The average molecular weight is 256 g/mol. The lowest BCUT2D eigenvalue weighted by atomic mass is 9.87. The maximum Gasteiger partial charge on any atom is 0.132 e. The van der Waals surface area contributed by atoms with Crippen molar-refractivity contribution in [3.8, 4) is 0 Å². The Bertz CT molecular complexity index is 392.